The summed E-state index contributed by atoms with van der Waals surface area (Å²) in [5, 5.41) is 35.9. The van der Waals surface area contributed by atoms with Gasteiger partial charge in [-0.25, -0.2) is 9.48 Å². The number of alkyl halides is 3. The zero-order valence-electron chi connectivity index (χ0n) is 17.0. The summed E-state index contributed by atoms with van der Waals surface area (Å²) in [6.07, 6.45) is 6.22. The van der Waals surface area contributed by atoms with Crippen LogP contribution in [0.3, 0.4) is 0 Å². The Labute approximate surface area is 186 Å². The van der Waals surface area contributed by atoms with Crippen molar-refractivity contribution in [1.82, 2.24) is 25.5 Å². The monoisotopic (exact) mass is 469 g/mol. The highest BCUT2D eigenvalue weighted by Crippen LogP contribution is 2.37. The van der Waals surface area contributed by atoms with Crippen LogP contribution in [-0.2, 0) is 4.79 Å². The molecule has 1 fully saturated rings. The molecule has 13 heteroatoms. The van der Waals surface area contributed by atoms with Crippen molar-refractivity contribution < 1.29 is 23.1 Å². The topological polar surface area (TPSA) is 118 Å². The normalized spacial score (nSPS) is 17.6. The molecule has 1 unspecified atom stereocenters. The zero-order chi connectivity index (χ0) is 23.2. The number of aliphatic carboxylic acids is 1. The van der Waals surface area contributed by atoms with Gasteiger partial charge in [0.05, 0.1) is 12.1 Å². The van der Waals surface area contributed by atoms with Crippen LogP contribution in [0.4, 0.5) is 13.2 Å². The molecule has 2 aromatic heterocycles. The summed E-state index contributed by atoms with van der Waals surface area (Å²) >= 11 is 1.68. The summed E-state index contributed by atoms with van der Waals surface area (Å²) in [5.74, 6) is 0.809. The second-order valence-corrected chi connectivity index (χ2v) is 8.23. The molecule has 1 aliphatic carbocycles. The number of hydrogen-bond acceptors (Lipinski definition) is 8. The first-order chi connectivity index (χ1) is 15.3. The van der Waals surface area contributed by atoms with Crippen LogP contribution in [0.2, 0.25) is 0 Å². The molecule has 4 rings (SSSR count). The summed E-state index contributed by atoms with van der Waals surface area (Å²) in [5.41, 5.74) is 0.932. The summed E-state index contributed by atoms with van der Waals surface area (Å²) in [6.45, 7) is 0.787. The Morgan fingerprint density at radius 2 is 2.12 bits per heavy atom. The fraction of sp³-hybridized carbons (Fsp3) is 0.579. The van der Waals surface area contributed by atoms with Gasteiger partial charge in [0.1, 0.15) is 0 Å². The summed E-state index contributed by atoms with van der Waals surface area (Å²) < 4.78 is 33.7. The summed E-state index contributed by atoms with van der Waals surface area (Å²) in [6, 6.07) is 2.55. The van der Waals surface area contributed by atoms with Crippen molar-refractivity contribution in [3.05, 3.63) is 28.2 Å². The number of tetrazole rings is 1. The third-order valence-electron chi connectivity index (χ3n) is 5.24. The van der Waals surface area contributed by atoms with Crippen molar-refractivity contribution in [1.29, 1.82) is 0 Å². The molecule has 0 aromatic carbocycles. The number of thiophene rings is 1. The molecule has 1 saturated carbocycles. The minimum absolute atomic E-state index is 0.00900. The number of hydrogen-bond donors (Lipinski definition) is 2. The van der Waals surface area contributed by atoms with Gasteiger partial charge < -0.3 is 10.4 Å². The van der Waals surface area contributed by atoms with Gasteiger partial charge in [0, 0.05) is 25.8 Å². The Morgan fingerprint density at radius 3 is 2.62 bits per heavy atom. The highest BCUT2D eigenvalue weighted by Gasteiger charge is 2.39. The van der Waals surface area contributed by atoms with Gasteiger partial charge in [-0.15, -0.1) is 17.4 Å². The number of rotatable bonds is 9. The molecule has 1 atom stereocenters. The van der Waals surface area contributed by atoms with E-state index in [1.807, 2.05) is 4.68 Å². The van der Waals surface area contributed by atoms with E-state index in [1.54, 1.807) is 11.3 Å². The van der Waals surface area contributed by atoms with E-state index in [1.165, 1.54) is 12.0 Å². The Kier molecular flexibility index (Phi) is 7.57. The number of nitrogens with zero attached hydrogens (tertiary/aromatic N) is 6. The van der Waals surface area contributed by atoms with Crippen molar-refractivity contribution >= 4 is 17.3 Å². The fourth-order valence-electron chi connectivity index (χ4n) is 3.16. The first-order valence-electron chi connectivity index (χ1n) is 9.96. The van der Waals surface area contributed by atoms with E-state index in [2.05, 4.69) is 53.8 Å². The summed E-state index contributed by atoms with van der Waals surface area (Å²) in [4.78, 5) is 8.90. The Balaban J connectivity index is 0.000000360. The van der Waals surface area contributed by atoms with Crippen molar-refractivity contribution in [2.75, 3.05) is 6.54 Å². The largest absolute Gasteiger partial charge is 0.490 e. The number of carboxylic acids is 1. The van der Waals surface area contributed by atoms with Gasteiger partial charge in [0.2, 0.25) is 0 Å². The van der Waals surface area contributed by atoms with Gasteiger partial charge in [0.15, 0.2) is 11.5 Å². The highest BCUT2D eigenvalue weighted by molar-refractivity contribution is 7.08. The predicted molar refractivity (Wildman–Crippen MR) is 109 cm³/mol. The molecular weight excluding hydrogens is 447 g/mol. The standard InChI is InChI=1S/C17H21N7S.C2HF3O2/c1-2-3-8-17(20-21-17)9-10-18-15(13-7-11-25-12-13)16-19-22-23-24(16)14-5-4-6-14;3-2(4,5)1(6)7/h1,7,11-12,14-15,18H,3-6,8-10H2;(H,6,7). The SMILES string of the molecule is C#CCCC1(CCNC(c2ccsc2)c2nnnn2C2CCC2)N=N1.O=C(O)C(F)(F)F. The molecule has 2 aliphatic rings. The number of carboxylic acid groups (broad SMARTS) is 1. The first-order valence-corrected chi connectivity index (χ1v) is 10.9. The number of halogens is 3. The van der Waals surface area contributed by atoms with E-state index < -0.39 is 12.1 Å². The number of carbonyl (C=O) groups is 1. The quantitative estimate of drug-likeness (QED) is 0.541. The summed E-state index contributed by atoms with van der Waals surface area (Å²) in [7, 11) is 0. The van der Waals surface area contributed by atoms with Crippen molar-refractivity contribution in [2.24, 2.45) is 10.2 Å². The van der Waals surface area contributed by atoms with E-state index in [0.29, 0.717) is 12.5 Å². The first kappa shape index (κ1) is 23.8. The molecule has 0 radical (unpaired) electrons. The van der Waals surface area contributed by atoms with Gasteiger partial charge in [-0.2, -0.15) is 34.7 Å². The second-order valence-electron chi connectivity index (χ2n) is 7.45. The third kappa shape index (κ3) is 6.10. The molecule has 3 heterocycles. The van der Waals surface area contributed by atoms with Crippen LogP contribution < -0.4 is 5.32 Å². The van der Waals surface area contributed by atoms with Gasteiger partial charge in [-0.3, -0.25) is 0 Å². The fourth-order valence-corrected chi connectivity index (χ4v) is 3.85. The van der Waals surface area contributed by atoms with Crippen molar-refractivity contribution in [3.8, 4) is 12.3 Å². The minimum Gasteiger partial charge on any atom is -0.475 e. The maximum Gasteiger partial charge on any atom is 0.490 e. The van der Waals surface area contributed by atoms with Crippen LogP contribution >= 0.6 is 11.3 Å². The molecule has 2 aromatic rings. The second kappa shape index (κ2) is 10.2. The lowest BCUT2D eigenvalue weighted by atomic mass is 9.93. The zero-order valence-corrected chi connectivity index (χ0v) is 17.8. The van der Waals surface area contributed by atoms with Crippen LogP contribution in [0.15, 0.2) is 27.1 Å². The van der Waals surface area contributed by atoms with Crippen LogP contribution in [0, 0.1) is 12.3 Å². The van der Waals surface area contributed by atoms with Crippen molar-refractivity contribution in [3.63, 3.8) is 0 Å². The number of terminal acetylenes is 1. The number of aromatic nitrogens is 4. The Bertz CT molecular complexity index is 958. The molecule has 0 bridgehead atoms. The average molecular weight is 469 g/mol. The van der Waals surface area contributed by atoms with E-state index in [4.69, 9.17) is 16.3 Å². The van der Waals surface area contributed by atoms with E-state index >= 15 is 0 Å². The van der Waals surface area contributed by atoms with Crippen molar-refractivity contribution in [2.45, 2.75) is 62.4 Å². The van der Waals surface area contributed by atoms with Gasteiger partial charge in [0.25, 0.3) is 0 Å². The molecular formula is C19H22F3N7O2S. The number of nitrogens with one attached hydrogen (secondary N) is 1. The highest BCUT2D eigenvalue weighted by atomic mass is 32.1. The molecule has 172 valence electrons. The van der Waals surface area contributed by atoms with Crippen LogP contribution in [-0.4, -0.2) is 49.7 Å². The molecule has 0 spiro atoms. The van der Waals surface area contributed by atoms with Gasteiger partial charge in [-0.1, -0.05) is 0 Å². The molecule has 1 aliphatic heterocycles. The predicted octanol–water partition coefficient (Wildman–Crippen LogP) is 3.74. The Morgan fingerprint density at radius 1 is 1.41 bits per heavy atom. The van der Waals surface area contributed by atoms with E-state index in [-0.39, 0.29) is 11.7 Å². The molecule has 2 N–H and O–H groups in total. The lowest BCUT2D eigenvalue weighted by molar-refractivity contribution is -0.192. The maximum atomic E-state index is 10.6. The molecule has 32 heavy (non-hydrogen) atoms. The lowest BCUT2D eigenvalue weighted by Gasteiger charge is -2.28. The molecule has 9 nitrogen and oxygen atoms in total. The maximum absolute atomic E-state index is 10.6. The Hall–Kier alpha value is -2.85. The minimum atomic E-state index is -5.08. The van der Waals surface area contributed by atoms with Crippen LogP contribution in [0.1, 0.15) is 62.0 Å². The van der Waals surface area contributed by atoms with Crippen LogP contribution in [0.25, 0.3) is 0 Å². The smallest absolute Gasteiger partial charge is 0.475 e. The van der Waals surface area contributed by atoms with Gasteiger partial charge in [-0.05, 0) is 52.1 Å². The van der Waals surface area contributed by atoms with Crippen LogP contribution in [0.5, 0.6) is 0 Å². The molecule has 0 saturated heterocycles. The van der Waals surface area contributed by atoms with Gasteiger partial charge >= 0.3 is 12.1 Å². The average Bonchev–Trinajstić information content (AvgIpc) is 3.07. The third-order valence-corrected chi connectivity index (χ3v) is 5.94. The van der Waals surface area contributed by atoms with E-state index in [9.17, 15) is 13.2 Å². The van der Waals surface area contributed by atoms with E-state index in [0.717, 1.165) is 38.1 Å². The lowest BCUT2D eigenvalue weighted by Crippen LogP contribution is -2.31. The molecule has 0 amide bonds.